The molecule has 0 bridgehead atoms. The van der Waals surface area contributed by atoms with Crippen LogP contribution >= 0.6 is 12.6 Å². The highest BCUT2D eigenvalue weighted by atomic mass is 32.1. The molecule has 0 saturated carbocycles. The second-order valence-corrected chi connectivity index (χ2v) is 4.16. The molecule has 4 heteroatoms. The first-order chi connectivity index (χ1) is 3.77. The lowest BCUT2D eigenvalue weighted by Crippen LogP contribution is -2.13. The third-order valence-electron chi connectivity index (χ3n) is 0.870. The molecule has 0 amide bonds. The summed E-state index contributed by atoms with van der Waals surface area (Å²) in [5.74, 6) is -0.130. The van der Waals surface area contributed by atoms with Crippen LogP contribution in [0.5, 0.6) is 0 Å². The van der Waals surface area contributed by atoms with Crippen LogP contribution in [0.1, 0.15) is 6.42 Å². The molecule has 0 aromatic rings. The van der Waals surface area contributed by atoms with Gasteiger partial charge in [0.25, 0.3) is 0 Å². The molecule has 0 aromatic heterocycles. The van der Waals surface area contributed by atoms with Crippen LogP contribution in [0.25, 0.3) is 0 Å². The van der Waals surface area contributed by atoms with Gasteiger partial charge in [0.1, 0.15) is 5.91 Å². The highest BCUT2D eigenvalue weighted by molar-refractivity contribution is 7.80. The van der Waals surface area contributed by atoms with E-state index >= 15 is 0 Å². The molecule has 0 saturated heterocycles. The molecular weight excluding hydrogens is 140 g/mol. The van der Waals surface area contributed by atoms with Crippen molar-refractivity contribution in [3.63, 3.8) is 0 Å². The van der Waals surface area contributed by atoms with Crippen LogP contribution < -0.4 is 0 Å². The van der Waals surface area contributed by atoms with Crippen molar-refractivity contribution in [3.05, 3.63) is 0 Å². The van der Waals surface area contributed by atoms with Crippen molar-refractivity contribution < 1.29 is 10.2 Å². The third-order valence-corrected chi connectivity index (χ3v) is 2.61. The van der Waals surface area contributed by atoms with Crippen LogP contribution in [0.2, 0.25) is 6.04 Å². The van der Waals surface area contributed by atoms with E-state index in [-0.39, 0.29) is 0 Å². The fourth-order valence-corrected chi connectivity index (χ4v) is 1.99. The monoisotopic (exact) mass is 152 g/mol. The number of aliphatic hydroxyl groups is 2. The zero-order valence-corrected chi connectivity index (χ0v) is 7.06. The first-order valence-corrected chi connectivity index (χ1v) is 5.19. The van der Waals surface area contributed by atoms with Gasteiger partial charge in [0.2, 0.25) is 0 Å². The largest absolute Gasteiger partial charge is 0.373 e. The van der Waals surface area contributed by atoms with E-state index in [0.29, 0.717) is 0 Å². The third kappa shape index (κ3) is 6.49. The standard InChI is InChI=1S/C4H12O2SSi/c5-4(6)8-3-1-2-7/h4-7H,1-3,8H2. The molecule has 0 spiro atoms. The molecule has 0 radical (unpaired) electrons. The second kappa shape index (κ2) is 5.62. The topological polar surface area (TPSA) is 40.5 Å². The minimum absolute atomic E-state index is 0.603. The van der Waals surface area contributed by atoms with Crippen LogP contribution in [-0.2, 0) is 0 Å². The maximum absolute atomic E-state index is 8.37. The lowest BCUT2D eigenvalue weighted by atomic mass is 10.6. The molecule has 0 atom stereocenters. The van der Waals surface area contributed by atoms with E-state index in [4.69, 9.17) is 10.2 Å². The zero-order valence-electron chi connectivity index (χ0n) is 4.75. The van der Waals surface area contributed by atoms with Gasteiger partial charge in [-0.2, -0.15) is 12.6 Å². The molecule has 0 unspecified atom stereocenters. The summed E-state index contributed by atoms with van der Waals surface area (Å²) in [6, 6.07) is 0.987. The van der Waals surface area contributed by atoms with Gasteiger partial charge in [0.15, 0.2) is 0 Å². The Balaban J connectivity index is 2.72. The lowest BCUT2D eigenvalue weighted by Gasteiger charge is -1.98. The predicted octanol–water partition coefficient (Wildman–Crippen LogP) is -0.838. The number of hydrogen-bond donors (Lipinski definition) is 3. The van der Waals surface area contributed by atoms with Gasteiger partial charge in [0, 0.05) is 0 Å². The van der Waals surface area contributed by atoms with Crippen molar-refractivity contribution in [1.82, 2.24) is 0 Å². The average Bonchev–Trinajstić information content (AvgIpc) is 1.66. The maximum Gasteiger partial charge on any atom is 0.128 e. The van der Waals surface area contributed by atoms with Crippen LogP contribution in [0.15, 0.2) is 0 Å². The van der Waals surface area contributed by atoms with Crippen LogP contribution in [0.4, 0.5) is 0 Å². The molecule has 0 aromatic carbocycles. The van der Waals surface area contributed by atoms with E-state index < -0.39 is 15.4 Å². The van der Waals surface area contributed by atoms with E-state index in [1.54, 1.807) is 0 Å². The average molecular weight is 152 g/mol. The Labute approximate surface area is 57.2 Å². The van der Waals surface area contributed by atoms with Crippen molar-refractivity contribution >= 4 is 22.1 Å². The quantitative estimate of drug-likeness (QED) is 0.213. The zero-order chi connectivity index (χ0) is 6.41. The highest BCUT2D eigenvalue weighted by Crippen LogP contribution is 1.91. The Hall–Kier alpha value is 0.487. The Morgan fingerprint density at radius 2 is 2.12 bits per heavy atom. The molecule has 2 N–H and O–H groups in total. The minimum Gasteiger partial charge on any atom is -0.373 e. The molecule has 0 heterocycles. The van der Waals surface area contributed by atoms with Gasteiger partial charge in [-0.05, 0) is 12.2 Å². The number of hydrogen-bond acceptors (Lipinski definition) is 3. The van der Waals surface area contributed by atoms with Crippen LogP contribution in [-0.4, -0.2) is 31.4 Å². The number of aliphatic hydroxyl groups excluding tert-OH is 1. The SMILES string of the molecule is OC(O)[SiH2]CCCS. The lowest BCUT2D eigenvalue weighted by molar-refractivity contribution is 0.0289. The first-order valence-electron chi connectivity index (χ1n) is 2.74. The summed E-state index contributed by atoms with van der Waals surface area (Å²) in [7, 11) is -0.603. The normalized spacial score (nSPS) is 12.0. The van der Waals surface area contributed by atoms with Crippen molar-refractivity contribution in [2.75, 3.05) is 5.75 Å². The fraction of sp³-hybridized carbons (Fsp3) is 1.00. The molecule has 0 aliphatic heterocycles. The molecule has 0 rings (SSSR count). The maximum atomic E-state index is 8.37. The molecule has 0 aliphatic carbocycles. The molecule has 0 fully saturated rings. The van der Waals surface area contributed by atoms with Crippen molar-refractivity contribution in [2.45, 2.75) is 18.4 Å². The summed E-state index contributed by atoms with van der Waals surface area (Å²) in [5.41, 5.74) is 0. The summed E-state index contributed by atoms with van der Waals surface area (Å²) in [6.07, 6.45) is 1.02. The van der Waals surface area contributed by atoms with E-state index in [1.165, 1.54) is 0 Å². The number of rotatable bonds is 4. The summed E-state index contributed by atoms with van der Waals surface area (Å²) >= 11 is 3.98. The van der Waals surface area contributed by atoms with Gasteiger partial charge in [-0.15, -0.1) is 0 Å². The Morgan fingerprint density at radius 1 is 1.50 bits per heavy atom. The van der Waals surface area contributed by atoms with Crippen molar-refractivity contribution in [1.29, 1.82) is 0 Å². The van der Waals surface area contributed by atoms with Crippen LogP contribution in [0, 0.1) is 0 Å². The van der Waals surface area contributed by atoms with Gasteiger partial charge in [-0.25, -0.2) is 0 Å². The summed E-state index contributed by atoms with van der Waals surface area (Å²) < 4.78 is 0. The van der Waals surface area contributed by atoms with E-state index in [0.717, 1.165) is 18.2 Å². The second-order valence-electron chi connectivity index (χ2n) is 1.70. The Bertz CT molecular complexity index is 51.3. The summed E-state index contributed by atoms with van der Waals surface area (Å²) in [5, 5.41) is 16.7. The van der Waals surface area contributed by atoms with Gasteiger partial charge in [-0.3, -0.25) is 0 Å². The fourth-order valence-electron chi connectivity index (χ4n) is 0.439. The van der Waals surface area contributed by atoms with Gasteiger partial charge >= 0.3 is 0 Å². The Kier molecular flexibility index (Phi) is 5.96. The molecule has 2 nitrogen and oxygen atoms in total. The smallest absolute Gasteiger partial charge is 0.128 e. The number of thiol groups is 1. The summed E-state index contributed by atoms with van der Waals surface area (Å²) in [4.78, 5) is 0. The van der Waals surface area contributed by atoms with Crippen molar-refractivity contribution in [3.8, 4) is 0 Å². The van der Waals surface area contributed by atoms with E-state index in [2.05, 4.69) is 12.6 Å². The first kappa shape index (κ1) is 8.49. The van der Waals surface area contributed by atoms with Gasteiger partial charge in [-0.1, -0.05) is 6.04 Å². The van der Waals surface area contributed by atoms with Gasteiger partial charge in [0.05, 0.1) is 9.52 Å². The summed E-state index contributed by atoms with van der Waals surface area (Å²) in [6.45, 7) is 0. The van der Waals surface area contributed by atoms with Crippen LogP contribution in [0.3, 0.4) is 0 Å². The molecule has 0 aliphatic rings. The molecule has 50 valence electrons. The van der Waals surface area contributed by atoms with Gasteiger partial charge < -0.3 is 10.2 Å². The van der Waals surface area contributed by atoms with Crippen molar-refractivity contribution in [2.24, 2.45) is 0 Å². The molecular formula is C4H12O2SSi. The Morgan fingerprint density at radius 3 is 2.50 bits per heavy atom. The predicted molar refractivity (Wildman–Crippen MR) is 40.0 cm³/mol. The van der Waals surface area contributed by atoms with E-state index in [1.807, 2.05) is 0 Å². The highest BCUT2D eigenvalue weighted by Gasteiger charge is 1.95. The van der Waals surface area contributed by atoms with E-state index in [9.17, 15) is 0 Å². The molecule has 8 heavy (non-hydrogen) atoms. The minimum atomic E-state index is -0.991.